The lowest BCUT2D eigenvalue weighted by atomic mass is 10.2. The van der Waals surface area contributed by atoms with E-state index in [9.17, 15) is 0 Å². The summed E-state index contributed by atoms with van der Waals surface area (Å²) in [5.74, 6) is 0.821. The fourth-order valence-electron chi connectivity index (χ4n) is 1.72. The van der Waals surface area contributed by atoms with Crippen LogP contribution in [0.1, 0.15) is 11.4 Å². The minimum absolute atomic E-state index is 0.270. The van der Waals surface area contributed by atoms with Crippen molar-refractivity contribution in [2.45, 2.75) is 6.42 Å². The molecule has 0 saturated heterocycles. The van der Waals surface area contributed by atoms with E-state index in [1.165, 1.54) is 0 Å². The monoisotopic (exact) mass is 278 g/mol. The van der Waals surface area contributed by atoms with E-state index in [-0.39, 0.29) is 5.15 Å². The molecule has 0 fully saturated rings. The van der Waals surface area contributed by atoms with Gasteiger partial charge in [-0.05, 0) is 23.8 Å². The predicted molar refractivity (Wildman–Crippen MR) is 71.0 cm³/mol. The highest BCUT2D eigenvalue weighted by Crippen LogP contribution is 2.23. The second-order valence-electron chi connectivity index (χ2n) is 3.85. The van der Waals surface area contributed by atoms with Crippen LogP contribution >= 0.6 is 23.2 Å². The zero-order valence-electron chi connectivity index (χ0n) is 9.19. The van der Waals surface area contributed by atoms with Gasteiger partial charge < -0.3 is 4.98 Å². The first kappa shape index (κ1) is 11.4. The van der Waals surface area contributed by atoms with Crippen LogP contribution in [0, 0.1) is 0 Å². The van der Waals surface area contributed by atoms with Crippen molar-refractivity contribution in [1.29, 1.82) is 0 Å². The Labute approximate surface area is 113 Å². The maximum absolute atomic E-state index is 5.91. The molecule has 0 aliphatic heterocycles. The van der Waals surface area contributed by atoms with Crippen molar-refractivity contribution in [3.8, 4) is 0 Å². The van der Waals surface area contributed by atoms with Crippen molar-refractivity contribution in [2.75, 3.05) is 0 Å². The average molecular weight is 279 g/mol. The van der Waals surface area contributed by atoms with Crippen LogP contribution in [-0.4, -0.2) is 19.9 Å². The normalized spacial score (nSPS) is 11.0. The second-order valence-corrected chi connectivity index (χ2v) is 4.61. The Bertz CT molecular complexity index is 655. The third kappa shape index (κ3) is 2.17. The minimum atomic E-state index is 0.270. The topological polar surface area (TPSA) is 54.5 Å². The van der Waals surface area contributed by atoms with E-state index >= 15 is 0 Å². The number of pyridine rings is 2. The quantitative estimate of drug-likeness (QED) is 0.732. The average Bonchev–Trinajstić information content (AvgIpc) is 2.72. The molecule has 3 aromatic rings. The summed E-state index contributed by atoms with van der Waals surface area (Å²) < 4.78 is 0. The zero-order valence-corrected chi connectivity index (χ0v) is 10.7. The van der Waals surface area contributed by atoms with Gasteiger partial charge in [0.25, 0.3) is 0 Å². The summed E-state index contributed by atoms with van der Waals surface area (Å²) in [6, 6.07) is 5.62. The summed E-state index contributed by atoms with van der Waals surface area (Å²) in [5, 5.41) is 0.689. The van der Waals surface area contributed by atoms with Gasteiger partial charge in [0, 0.05) is 18.8 Å². The van der Waals surface area contributed by atoms with Crippen LogP contribution in [0.3, 0.4) is 0 Å². The Kier molecular flexibility index (Phi) is 2.89. The van der Waals surface area contributed by atoms with Gasteiger partial charge in [-0.1, -0.05) is 23.2 Å². The SMILES string of the molecule is Clc1cc2[nH]c(Cc3ccncc3)nc2nc1Cl. The van der Waals surface area contributed by atoms with Crippen molar-refractivity contribution < 1.29 is 0 Å². The van der Waals surface area contributed by atoms with Crippen LogP contribution in [0.4, 0.5) is 0 Å². The number of hydrogen-bond donors (Lipinski definition) is 1. The van der Waals surface area contributed by atoms with Gasteiger partial charge in [0.1, 0.15) is 11.0 Å². The summed E-state index contributed by atoms with van der Waals surface area (Å²) >= 11 is 11.8. The molecule has 0 atom stereocenters. The number of aromatic nitrogens is 4. The Morgan fingerprint density at radius 1 is 1.11 bits per heavy atom. The van der Waals surface area contributed by atoms with Crippen LogP contribution in [0.2, 0.25) is 10.2 Å². The first-order valence-corrected chi connectivity index (χ1v) is 6.07. The predicted octanol–water partition coefficient (Wildman–Crippen LogP) is 3.25. The molecule has 0 aliphatic carbocycles. The molecule has 0 aliphatic rings. The van der Waals surface area contributed by atoms with Crippen molar-refractivity contribution in [1.82, 2.24) is 19.9 Å². The molecule has 3 heterocycles. The van der Waals surface area contributed by atoms with E-state index in [0.717, 1.165) is 16.9 Å². The van der Waals surface area contributed by atoms with Gasteiger partial charge in [0.15, 0.2) is 5.65 Å². The van der Waals surface area contributed by atoms with Crippen molar-refractivity contribution in [2.24, 2.45) is 0 Å². The molecule has 0 amide bonds. The number of aromatic amines is 1. The Morgan fingerprint density at radius 2 is 1.89 bits per heavy atom. The molecule has 0 spiro atoms. The highest BCUT2D eigenvalue weighted by atomic mass is 35.5. The summed E-state index contributed by atoms with van der Waals surface area (Å²) in [6.07, 6.45) is 4.20. The van der Waals surface area contributed by atoms with Crippen LogP contribution in [0.15, 0.2) is 30.6 Å². The van der Waals surface area contributed by atoms with Crippen LogP contribution in [-0.2, 0) is 6.42 Å². The summed E-state index contributed by atoms with van der Waals surface area (Å²) in [6.45, 7) is 0. The van der Waals surface area contributed by atoms with Crippen LogP contribution in [0.25, 0.3) is 11.2 Å². The molecular weight excluding hydrogens is 271 g/mol. The Morgan fingerprint density at radius 3 is 2.67 bits per heavy atom. The van der Waals surface area contributed by atoms with Crippen molar-refractivity contribution in [3.05, 3.63) is 52.2 Å². The summed E-state index contributed by atoms with van der Waals surface area (Å²) in [4.78, 5) is 15.6. The standard InChI is InChI=1S/C12H8Cl2N4/c13-8-6-9-12(18-11(8)14)17-10(16-9)5-7-1-3-15-4-2-7/h1-4,6H,5H2,(H,16,17,18). The van der Waals surface area contributed by atoms with Crippen LogP contribution in [0.5, 0.6) is 0 Å². The summed E-state index contributed by atoms with van der Waals surface area (Å²) in [5.41, 5.74) is 2.49. The molecule has 3 aromatic heterocycles. The number of nitrogens with one attached hydrogen (secondary N) is 1. The molecule has 0 saturated carbocycles. The highest BCUT2D eigenvalue weighted by molar-refractivity contribution is 6.41. The molecular formula is C12H8Cl2N4. The van der Waals surface area contributed by atoms with Gasteiger partial charge in [0.2, 0.25) is 0 Å². The Hall–Kier alpha value is -1.65. The molecule has 0 aromatic carbocycles. The van der Waals surface area contributed by atoms with Gasteiger partial charge in [-0.15, -0.1) is 0 Å². The van der Waals surface area contributed by atoms with Gasteiger partial charge in [-0.3, -0.25) is 4.98 Å². The third-order valence-corrected chi connectivity index (χ3v) is 3.23. The minimum Gasteiger partial charge on any atom is -0.340 e. The van der Waals surface area contributed by atoms with Gasteiger partial charge in [-0.25, -0.2) is 9.97 Å². The first-order valence-electron chi connectivity index (χ1n) is 5.32. The molecule has 90 valence electrons. The second kappa shape index (κ2) is 4.55. The van der Waals surface area contributed by atoms with Gasteiger partial charge in [-0.2, -0.15) is 0 Å². The van der Waals surface area contributed by atoms with Crippen molar-refractivity contribution in [3.63, 3.8) is 0 Å². The molecule has 4 nitrogen and oxygen atoms in total. The molecule has 18 heavy (non-hydrogen) atoms. The van der Waals surface area contributed by atoms with E-state index in [1.54, 1.807) is 18.5 Å². The first-order chi connectivity index (χ1) is 8.72. The lowest BCUT2D eigenvalue weighted by molar-refractivity contribution is 1.03. The number of nitrogens with zero attached hydrogens (tertiary/aromatic N) is 3. The molecule has 3 rings (SSSR count). The maximum atomic E-state index is 5.91. The lowest BCUT2D eigenvalue weighted by Crippen LogP contribution is -1.90. The molecule has 0 radical (unpaired) electrons. The molecule has 0 unspecified atom stereocenters. The number of imidazole rings is 1. The largest absolute Gasteiger partial charge is 0.340 e. The number of H-pyrrole nitrogens is 1. The Balaban J connectivity index is 1.99. The third-order valence-electron chi connectivity index (χ3n) is 2.55. The number of rotatable bonds is 2. The van der Waals surface area contributed by atoms with E-state index < -0.39 is 0 Å². The molecule has 0 bridgehead atoms. The van der Waals surface area contributed by atoms with E-state index in [0.29, 0.717) is 17.1 Å². The summed E-state index contributed by atoms with van der Waals surface area (Å²) in [7, 11) is 0. The van der Waals surface area contributed by atoms with Gasteiger partial charge >= 0.3 is 0 Å². The van der Waals surface area contributed by atoms with Crippen molar-refractivity contribution >= 4 is 34.4 Å². The lowest BCUT2D eigenvalue weighted by Gasteiger charge is -1.95. The molecule has 6 heteroatoms. The number of fused-ring (bicyclic) bond motifs is 1. The smallest absolute Gasteiger partial charge is 0.179 e. The fraction of sp³-hybridized carbons (Fsp3) is 0.0833. The maximum Gasteiger partial charge on any atom is 0.179 e. The van der Waals surface area contributed by atoms with E-state index in [1.807, 2.05) is 12.1 Å². The molecule has 1 N–H and O–H groups in total. The van der Waals surface area contributed by atoms with E-state index in [4.69, 9.17) is 23.2 Å². The zero-order chi connectivity index (χ0) is 12.5. The highest BCUT2D eigenvalue weighted by Gasteiger charge is 2.08. The van der Waals surface area contributed by atoms with E-state index in [2.05, 4.69) is 19.9 Å². The number of hydrogen-bond acceptors (Lipinski definition) is 3. The van der Waals surface area contributed by atoms with Gasteiger partial charge in [0.05, 0.1) is 10.5 Å². The van der Waals surface area contributed by atoms with Crippen LogP contribution < -0.4 is 0 Å². The number of halogens is 2. The fourth-order valence-corrected chi connectivity index (χ4v) is 2.01.